The molecule has 0 saturated carbocycles. The number of hydrogen-bond acceptors (Lipinski definition) is 4. The van der Waals surface area contributed by atoms with E-state index in [1.807, 2.05) is 20.8 Å². The van der Waals surface area contributed by atoms with Crippen LogP contribution in [0, 0.1) is 5.92 Å². The predicted octanol–water partition coefficient (Wildman–Crippen LogP) is 1.78. The minimum absolute atomic E-state index is 0.200. The Labute approximate surface area is 103 Å². The molecule has 1 atom stereocenters. The molecule has 1 aliphatic heterocycles. The van der Waals surface area contributed by atoms with Crippen LogP contribution in [0.1, 0.15) is 33.6 Å². The van der Waals surface area contributed by atoms with E-state index >= 15 is 0 Å². The highest BCUT2D eigenvalue weighted by Gasteiger charge is 2.29. The van der Waals surface area contributed by atoms with Crippen LogP contribution in [-0.4, -0.2) is 43.3 Å². The summed E-state index contributed by atoms with van der Waals surface area (Å²) in [7, 11) is 1.75. The average Bonchev–Trinajstić information content (AvgIpc) is 2.64. The zero-order chi connectivity index (χ0) is 12.9. The Hall–Kier alpha value is -0.810. The third-order valence-electron chi connectivity index (χ3n) is 2.71. The van der Waals surface area contributed by atoms with Gasteiger partial charge in [0.15, 0.2) is 0 Å². The van der Waals surface area contributed by atoms with Crippen LogP contribution in [0.2, 0.25) is 0 Å². The Kier molecular flexibility index (Phi) is 5.21. The second-order valence-corrected chi connectivity index (χ2v) is 5.42. The van der Waals surface area contributed by atoms with Crippen LogP contribution < -0.4 is 5.48 Å². The van der Waals surface area contributed by atoms with Crippen LogP contribution in [0.3, 0.4) is 0 Å². The summed E-state index contributed by atoms with van der Waals surface area (Å²) in [5, 5.41) is 0. The first-order valence-corrected chi connectivity index (χ1v) is 6.19. The van der Waals surface area contributed by atoms with Gasteiger partial charge in [0, 0.05) is 20.1 Å². The largest absolute Gasteiger partial charge is 0.444 e. The molecule has 1 N–H and O–H groups in total. The molecule has 0 aromatic rings. The van der Waals surface area contributed by atoms with Crippen molar-refractivity contribution in [2.24, 2.45) is 5.92 Å². The maximum Gasteiger partial charge on any atom is 0.410 e. The zero-order valence-corrected chi connectivity index (χ0v) is 11.3. The number of ether oxygens (including phenoxy) is 1. The van der Waals surface area contributed by atoms with E-state index in [1.54, 1.807) is 11.9 Å². The maximum atomic E-state index is 11.8. The smallest absolute Gasteiger partial charge is 0.410 e. The van der Waals surface area contributed by atoms with Gasteiger partial charge in [-0.1, -0.05) is 0 Å². The van der Waals surface area contributed by atoms with Crippen molar-refractivity contribution in [1.29, 1.82) is 0 Å². The van der Waals surface area contributed by atoms with E-state index in [9.17, 15) is 4.79 Å². The fraction of sp³-hybridized carbons (Fsp3) is 0.917. The third kappa shape index (κ3) is 5.37. The molecule has 1 unspecified atom stereocenters. The van der Waals surface area contributed by atoms with Crippen LogP contribution in [0.25, 0.3) is 0 Å². The van der Waals surface area contributed by atoms with Crippen molar-refractivity contribution < 1.29 is 14.4 Å². The van der Waals surface area contributed by atoms with Crippen LogP contribution in [0.15, 0.2) is 0 Å². The lowest BCUT2D eigenvalue weighted by molar-refractivity contribution is 0.0271. The molecule has 0 radical (unpaired) electrons. The Morgan fingerprint density at radius 1 is 1.47 bits per heavy atom. The number of hydrogen-bond donors (Lipinski definition) is 1. The Balaban J connectivity index is 2.27. The highest BCUT2D eigenvalue weighted by Crippen LogP contribution is 2.21. The first-order valence-electron chi connectivity index (χ1n) is 6.19. The lowest BCUT2D eigenvalue weighted by Crippen LogP contribution is -2.35. The first kappa shape index (κ1) is 14.3. The minimum atomic E-state index is -0.412. The second kappa shape index (κ2) is 6.21. The van der Waals surface area contributed by atoms with Gasteiger partial charge in [-0.25, -0.2) is 10.3 Å². The monoisotopic (exact) mass is 244 g/mol. The summed E-state index contributed by atoms with van der Waals surface area (Å²) in [6, 6.07) is 0. The second-order valence-electron chi connectivity index (χ2n) is 5.42. The minimum Gasteiger partial charge on any atom is -0.444 e. The van der Waals surface area contributed by atoms with E-state index in [2.05, 4.69) is 5.48 Å². The van der Waals surface area contributed by atoms with Gasteiger partial charge in [0.2, 0.25) is 0 Å². The van der Waals surface area contributed by atoms with Crippen molar-refractivity contribution in [3.63, 3.8) is 0 Å². The topological polar surface area (TPSA) is 50.8 Å². The molecular weight excluding hydrogens is 220 g/mol. The van der Waals surface area contributed by atoms with E-state index in [1.165, 1.54) is 0 Å². The van der Waals surface area contributed by atoms with Crippen LogP contribution in [0.5, 0.6) is 0 Å². The molecule has 0 aliphatic carbocycles. The number of carbonyl (C=O) groups excluding carboxylic acids is 1. The molecule has 1 amide bonds. The van der Waals surface area contributed by atoms with E-state index in [4.69, 9.17) is 9.57 Å². The number of nitrogens with zero attached hydrogens (tertiary/aromatic N) is 1. The third-order valence-corrected chi connectivity index (χ3v) is 2.71. The molecule has 1 fully saturated rings. The summed E-state index contributed by atoms with van der Waals surface area (Å²) in [4.78, 5) is 18.7. The van der Waals surface area contributed by atoms with Gasteiger partial charge in [-0.3, -0.25) is 0 Å². The molecule has 5 heteroatoms. The molecule has 5 nitrogen and oxygen atoms in total. The van der Waals surface area contributed by atoms with Crippen molar-refractivity contribution in [3.05, 3.63) is 0 Å². The lowest BCUT2D eigenvalue weighted by Gasteiger charge is -2.24. The molecule has 1 aliphatic rings. The summed E-state index contributed by atoms with van der Waals surface area (Å²) in [5.41, 5.74) is 2.24. The highest BCUT2D eigenvalue weighted by atomic mass is 16.6. The summed E-state index contributed by atoms with van der Waals surface area (Å²) >= 11 is 0. The summed E-state index contributed by atoms with van der Waals surface area (Å²) in [6.45, 7) is 7.92. The molecule has 0 aromatic heterocycles. The average molecular weight is 244 g/mol. The molecule has 0 bridgehead atoms. The van der Waals surface area contributed by atoms with E-state index in [-0.39, 0.29) is 6.09 Å². The number of likely N-dealkylation sites (tertiary alicyclic amines) is 1. The summed E-state index contributed by atoms with van der Waals surface area (Å²) in [6.07, 6.45) is 1.81. The van der Waals surface area contributed by atoms with Gasteiger partial charge in [0.05, 0.1) is 6.61 Å². The number of rotatable bonds is 4. The summed E-state index contributed by atoms with van der Waals surface area (Å²) < 4.78 is 5.34. The molecular formula is C12H24N2O3. The van der Waals surface area contributed by atoms with Gasteiger partial charge in [0.1, 0.15) is 5.60 Å². The maximum absolute atomic E-state index is 11.8. The van der Waals surface area contributed by atoms with Crippen molar-refractivity contribution in [3.8, 4) is 0 Å². The number of amides is 1. The van der Waals surface area contributed by atoms with Gasteiger partial charge < -0.3 is 14.5 Å². The number of hydroxylamine groups is 1. The van der Waals surface area contributed by atoms with Gasteiger partial charge in [-0.2, -0.15) is 0 Å². The first-order chi connectivity index (χ1) is 7.92. The molecule has 1 rings (SSSR count). The molecule has 1 saturated heterocycles. The molecule has 0 aromatic carbocycles. The molecule has 1 heterocycles. The van der Waals surface area contributed by atoms with E-state index in [0.29, 0.717) is 12.5 Å². The quantitative estimate of drug-likeness (QED) is 0.605. The highest BCUT2D eigenvalue weighted by molar-refractivity contribution is 5.68. The van der Waals surface area contributed by atoms with Crippen LogP contribution in [0.4, 0.5) is 4.79 Å². The number of carbonyl (C=O) groups is 1. The summed E-state index contributed by atoms with van der Waals surface area (Å²) in [5.74, 6) is 0.524. The zero-order valence-electron chi connectivity index (χ0n) is 11.3. The van der Waals surface area contributed by atoms with E-state index < -0.39 is 5.60 Å². The fourth-order valence-corrected chi connectivity index (χ4v) is 1.89. The van der Waals surface area contributed by atoms with E-state index in [0.717, 1.165) is 25.9 Å². The Bertz CT molecular complexity index is 251. The predicted molar refractivity (Wildman–Crippen MR) is 65.5 cm³/mol. The van der Waals surface area contributed by atoms with Gasteiger partial charge in [0.25, 0.3) is 0 Å². The molecule has 17 heavy (non-hydrogen) atoms. The van der Waals surface area contributed by atoms with Crippen molar-refractivity contribution in [2.45, 2.75) is 39.2 Å². The van der Waals surface area contributed by atoms with Crippen LogP contribution >= 0.6 is 0 Å². The standard InChI is InChI=1S/C12H24N2O3/c1-12(2,3)17-11(15)14-7-5-10(9-14)6-8-16-13-4/h10,13H,5-9H2,1-4H3. The van der Waals surface area contributed by atoms with Crippen LogP contribution in [-0.2, 0) is 9.57 Å². The Morgan fingerprint density at radius 3 is 2.76 bits per heavy atom. The van der Waals surface area contributed by atoms with Gasteiger partial charge in [-0.05, 0) is 39.5 Å². The van der Waals surface area contributed by atoms with Gasteiger partial charge >= 0.3 is 6.09 Å². The fourth-order valence-electron chi connectivity index (χ4n) is 1.89. The normalized spacial score (nSPS) is 20.7. The Morgan fingerprint density at radius 2 is 2.18 bits per heavy atom. The molecule has 100 valence electrons. The van der Waals surface area contributed by atoms with Crippen molar-refractivity contribution in [2.75, 3.05) is 26.7 Å². The lowest BCUT2D eigenvalue weighted by atomic mass is 10.1. The molecule has 0 spiro atoms. The number of nitrogens with one attached hydrogen (secondary N) is 1. The SMILES string of the molecule is CNOCCC1CCN(C(=O)OC(C)(C)C)C1. The van der Waals surface area contributed by atoms with Crippen molar-refractivity contribution in [1.82, 2.24) is 10.4 Å². The van der Waals surface area contributed by atoms with Gasteiger partial charge in [-0.15, -0.1) is 0 Å². The van der Waals surface area contributed by atoms with Crippen molar-refractivity contribution >= 4 is 6.09 Å².